The number of ketones is 1. The molecule has 0 fully saturated rings. The van der Waals surface area contributed by atoms with Crippen LogP contribution in [0.2, 0.25) is 0 Å². The maximum atomic E-state index is 11.8. The predicted octanol–water partition coefficient (Wildman–Crippen LogP) is 3.04. The largest absolute Gasteiger partial charge is 0.460 e. The lowest BCUT2D eigenvalue weighted by molar-refractivity contribution is 0.0419. The fraction of sp³-hybridized carbons (Fsp3) is 0.500. The Bertz CT molecular complexity index is 306. The molecule has 0 bridgehead atoms. The van der Waals surface area contributed by atoms with Crippen molar-refractivity contribution in [1.29, 1.82) is 0 Å². The van der Waals surface area contributed by atoms with Crippen LogP contribution in [0.15, 0.2) is 21.2 Å². The highest BCUT2D eigenvalue weighted by Gasteiger charge is 2.23. The fourth-order valence-corrected chi connectivity index (χ4v) is 1.59. The molecule has 0 saturated heterocycles. The molecule has 0 aliphatic heterocycles. The van der Waals surface area contributed by atoms with E-state index in [9.17, 15) is 4.79 Å². The number of Topliss-reactive ketones (excluding diaryl/α,β-unsaturated/α-hetero) is 1. The summed E-state index contributed by atoms with van der Waals surface area (Å²) in [7, 11) is 0. The maximum absolute atomic E-state index is 11.8. The number of rotatable bonds is 5. The maximum Gasteiger partial charge on any atom is 0.227 e. The number of hydrogen-bond acceptors (Lipinski definition) is 3. The number of carbonyl (C=O) groups excluding carboxylic acids is 1. The Balaban J connectivity index is 2.78. The van der Waals surface area contributed by atoms with Gasteiger partial charge in [-0.25, -0.2) is 0 Å². The highest BCUT2D eigenvalue weighted by atomic mass is 79.9. The van der Waals surface area contributed by atoms with Crippen molar-refractivity contribution in [2.75, 3.05) is 6.61 Å². The van der Waals surface area contributed by atoms with Crippen LogP contribution in [0.5, 0.6) is 0 Å². The first-order valence-electron chi connectivity index (χ1n) is 4.59. The van der Waals surface area contributed by atoms with Gasteiger partial charge in [-0.1, -0.05) is 6.92 Å². The van der Waals surface area contributed by atoms with Crippen molar-refractivity contribution in [3.05, 3.63) is 22.6 Å². The van der Waals surface area contributed by atoms with Crippen molar-refractivity contribution in [3.63, 3.8) is 0 Å². The second-order valence-electron chi connectivity index (χ2n) is 2.81. The lowest BCUT2D eigenvalue weighted by Gasteiger charge is -2.11. The lowest BCUT2D eigenvalue weighted by atomic mass is 10.1. The standard InChI is InChI=1S/C10H13BrO3/c1-3-8(13-4-2)9(12)10-7(11)5-6-14-10/h5-6,8H,3-4H2,1-2H3. The quantitative estimate of drug-likeness (QED) is 0.765. The first-order valence-corrected chi connectivity index (χ1v) is 5.38. The summed E-state index contributed by atoms with van der Waals surface area (Å²) in [6.45, 7) is 4.31. The zero-order chi connectivity index (χ0) is 10.6. The molecule has 1 atom stereocenters. The Kier molecular flexibility index (Phi) is 4.35. The highest BCUT2D eigenvalue weighted by molar-refractivity contribution is 9.10. The molecule has 0 saturated carbocycles. The molecule has 4 heteroatoms. The molecule has 1 aromatic rings. The molecule has 14 heavy (non-hydrogen) atoms. The van der Waals surface area contributed by atoms with Crippen molar-refractivity contribution < 1.29 is 13.9 Å². The van der Waals surface area contributed by atoms with Crippen LogP contribution < -0.4 is 0 Å². The van der Waals surface area contributed by atoms with Gasteiger partial charge in [0.05, 0.1) is 10.7 Å². The van der Waals surface area contributed by atoms with Gasteiger partial charge in [-0.05, 0) is 35.3 Å². The van der Waals surface area contributed by atoms with Crippen LogP contribution in [0.4, 0.5) is 0 Å². The van der Waals surface area contributed by atoms with Gasteiger partial charge >= 0.3 is 0 Å². The molecule has 0 spiro atoms. The molecule has 1 heterocycles. The van der Waals surface area contributed by atoms with Gasteiger partial charge in [0, 0.05) is 6.61 Å². The third-order valence-corrected chi connectivity index (χ3v) is 2.50. The number of hydrogen-bond donors (Lipinski definition) is 0. The molecule has 0 radical (unpaired) electrons. The average Bonchev–Trinajstić information content (AvgIpc) is 2.59. The molecule has 1 aromatic heterocycles. The Hall–Kier alpha value is -0.610. The van der Waals surface area contributed by atoms with E-state index in [1.807, 2.05) is 13.8 Å². The van der Waals surface area contributed by atoms with Crippen LogP contribution in [-0.4, -0.2) is 18.5 Å². The van der Waals surface area contributed by atoms with Crippen molar-refractivity contribution in [3.8, 4) is 0 Å². The predicted molar refractivity (Wildman–Crippen MR) is 56.4 cm³/mol. The van der Waals surface area contributed by atoms with Crippen LogP contribution in [0, 0.1) is 0 Å². The van der Waals surface area contributed by atoms with Gasteiger partial charge in [0.2, 0.25) is 5.78 Å². The number of furan rings is 1. The Labute approximate surface area is 91.6 Å². The number of ether oxygens (including phenoxy) is 1. The molecule has 0 aromatic carbocycles. The number of carbonyl (C=O) groups is 1. The van der Waals surface area contributed by atoms with Crippen LogP contribution in [0.1, 0.15) is 30.8 Å². The summed E-state index contributed by atoms with van der Waals surface area (Å²) < 4.78 is 11.1. The minimum atomic E-state index is -0.401. The van der Waals surface area contributed by atoms with Gasteiger partial charge in [-0.3, -0.25) is 4.79 Å². The minimum absolute atomic E-state index is 0.105. The molecule has 0 aliphatic carbocycles. The zero-order valence-electron chi connectivity index (χ0n) is 8.25. The van der Waals surface area contributed by atoms with E-state index >= 15 is 0 Å². The second kappa shape index (κ2) is 5.32. The molecule has 3 nitrogen and oxygen atoms in total. The molecule has 0 amide bonds. The van der Waals surface area contributed by atoms with Crippen molar-refractivity contribution >= 4 is 21.7 Å². The topological polar surface area (TPSA) is 39.4 Å². The minimum Gasteiger partial charge on any atom is -0.460 e. The third kappa shape index (κ3) is 2.45. The monoisotopic (exact) mass is 260 g/mol. The van der Waals surface area contributed by atoms with E-state index in [-0.39, 0.29) is 5.78 Å². The van der Waals surface area contributed by atoms with Gasteiger partial charge in [0.1, 0.15) is 6.10 Å². The van der Waals surface area contributed by atoms with Gasteiger partial charge in [-0.15, -0.1) is 0 Å². The lowest BCUT2D eigenvalue weighted by Crippen LogP contribution is -2.23. The highest BCUT2D eigenvalue weighted by Crippen LogP contribution is 2.20. The molecule has 1 unspecified atom stereocenters. The van der Waals surface area contributed by atoms with E-state index in [1.165, 1.54) is 6.26 Å². The van der Waals surface area contributed by atoms with Gasteiger partial charge in [0.15, 0.2) is 5.76 Å². The fourth-order valence-electron chi connectivity index (χ4n) is 1.20. The zero-order valence-corrected chi connectivity index (χ0v) is 9.83. The van der Waals surface area contributed by atoms with E-state index in [1.54, 1.807) is 6.07 Å². The molecule has 1 rings (SSSR count). The molecular weight excluding hydrogens is 248 g/mol. The summed E-state index contributed by atoms with van der Waals surface area (Å²) in [5.41, 5.74) is 0. The smallest absolute Gasteiger partial charge is 0.227 e. The van der Waals surface area contributed by atoms with E-state index in [0.29, 0.717) is 23.3 Å². The first-order chi connectivity index (χ1) is 6.70. The normalized spacial score (nSPS) is 12.8. The summed E-state index contributed by atoms with van der Waals surface area (Å²) in [5, 5.41) is 0. The van der Waals surface area contributed by atoms with Crippen molar-refractivity contribution in [1.82, 2.24) is 0 Å². The summed E-state index contributed by atoms with van der Waals surface area (Å²) in [5.74, 6) is 0.233. The van der Waals surface area contributed by atoms with Crippen LogP contribution in [0.25, 0.3) is 0 Å². The van der Waals surface area contributed by atoms with Gasteiger partial charge in [0.25, 0.3) is 0 Å². The van der Waals surface area contributed by atoms with Gasteiger partial charge < -0.3 is 9.15 Å². The van der Waals surface area contributed by atoms with E-state index < -0.39 is 6.10 Å². The summed E-state index contributed by atoms with van der Waals surface area (Å²) in [4.78, 5) is 11.8. The molecule has 0 aliphatic rings. The van der Waals surface area contributed by atoms with Crippen molar-refractivity contribution in [2.45, 2.75) is 26.4 Å². The summed E-state index contributed by atoms with van der Waals surface area (Å²) in [6.07, 6.45) is 1.73. The van der Waals surface area contributed by atoms with Crippen LogP contribution in [-0.2, 0) is 4.74 Å². The summed E-state index contributed by atoms with van der Waals surface area (Å²) in [6, 6.07) is 1.70. The Morgan fingerprint density at radius 1 is 1.64 bits per heavy atom. The Morgan fingerprint density at radius 2 is 2.36 bits per heavy atom. The van der Waals surface area contributed by atoms with Crippen LogP contribution in [0.3, 0.4) is 0 Å². The molecule has 0 N–H and O–H groups in total. The third-order valence-electron chi connectivity index (χ3n) is 1.87. The second-order valence-corrected chi connectivity index (χ2v) is 3.67. The van der Waals surface area contributed by atoms with Crippen molar-refractivity contribution in [2.24, 2.45) is 0 Å². The van der Waals surface area contributed by atoms with Gasteiger partial charge in [-0.2, -0.15) is 0 Å². The molecular formula is C10H13BrO3. The van der Waals surface area contributed by atoms with E-state index in [4.69, 9.17) is 9.15 Å². The van der Waals surface area contributed by atoms with E-state index in [0.717, 1.165) is 0 Å². The van der Waals surface area contributed by atoms with Crippen LogP contribution >= 0.6 is 15.9 Å². The SMILES string of the molecule is CCOC(CC)C(=O)c1occc1Br. The first kappa shape index (κ1) is 11.5. The average molecular weight is 261 g/mol. The van der Waals surface area contributed by atoms with E-state index in [2.05, 4.69) is 15.9 Å². The number of halogens is 1. The molecule has 78 valence electrons. The summed E-state index contributed by atoms with van der Waals surface area (Å²) >= 11 is 3.25. The Morgan fingerprint density at radius 3 is 2.79 bits per heavy atom.